The molecule has 4 heteroatoms. The molecule has 1 aliphatic rings. The van der Waals surface area contributed by atoms with Crippen LogP contribution in [0.15, 0.2) is 46.9 Å². The molecule has 2 aromatic carbocycles. The van der Waals surface area contributed by atoms with E-state index in [0.29, 0.717) is 6.54 Å². The molecular weight excluding hydrogens is 354 g/mol. The normalized spacial score (nSPS) is 12.8. The Morgan fingerprint density at radius 1 is 1.13 bits per heavy atom. The monoisotopic (exact) mass is 373 g/mol. The van der Waals surface area contributed by atoms with E-state index in [-0.39, 0.29) is 12.5 Å². The molecule has 0 radical (unpaired) electrons. The van der Waals surface area contributed by atoms with E-state index < -0.39 is 0 Å². The molecule has 0 saturated carbocycles. The molecular formula is C19H20BrNO2. The van der Waals surface area contributed by atoms with Crippen LogP contribution >= 0.6 is 15.9 Å². The molecule has 0 bridgehead atoms. The van der Waals surface area contributed by atoms with Crippen LogP contribution in [-0.2, 0) is 24.2 Å². The number of fused-ring (bicyclic) bond motifs is 1. The number of rotatable bonds is 5. The van der Waals surface area contributed by atoms with E-state index in [4.69, 9.17) is 4.74 Å². The average Bonchev–Trinajstić information content (AvgIpc) is 3.02. The first kappa shape index (κ1) is 16.1. The number of nitrogens with zero attached hydrogens (tertiary/aromatic N) is 1. The molecule has 23 heavy (non-hydrogen) atoms. The quantitative estimate of drug-likeness (QED) is 0.793. The van der Waals surface area contributed by atoms with Crippen LogP contribution in [0.3, 0.4) is 0 Å². The summed E-state index contributed by atoms with van der Waals surface area (Å²) < 4.78 is 6.71. The number of hydrogen-bond acceptors (Lipinski definition) is 2. The second-order valence-electron chi connectivity index (χ2n) is 5.95. The van der Waals surface area contributed by atoms with Crippen LogP contribution in [0.5, 0.6) is 5.75 Å². The summed E-state index contributed by atoms with van der Waals surface area (Å²) in [4.78, 5) is 13.9. The van der Waals surface area contributed by atoms with Gasteiger partial charge in [0.1, 0.15) is 5.75 Å². The Labute approximate surface area is 145 Å². The SMILES string of the molecule is CN(Cc1ccc(Br)cc1)C(=O)COc1ccc2c(c1)CCC2. The fourth-order valence-corrected chi connectivity index (χ4v) is 3.11. The number of amides is 1. The minimum Gasteiger partial charge on any atom is -0.484 e. The highest BCUT2D eigenvalue weighted by molar-refractivity contribution is 9.10. The van der Waals surface area contributed by atoms with E-state index >= 15 is 0 Å². The van der Waals surface area contributed by atoms with Crippen molar-refractivity contribution in [1.29, 1.82) is 0 Å². The van der Waals surface area contributed by atoms with Gasteiger partial charge in [-0.1, -0.05) is 34.1 Å². The molecule has 3 nitrogen and oxygen atoms in total. The zero-order valence-corrected chi connectivity index (χ0v) is 14.8. The van der Waals surface area contributed by atoms with E-state index in [1.165, 1.54) is 17.5 Å². The van der Waals surface area contributed by atoms with Crippen LogP contribution in [0.4, 0.5) is 0 Å². The van der Waals surface area contributed by atoms with Crippen molar-refractivity contribution in [3.05, 3.63) is 63.6 Å². The number of aryl methyl sites for hydroxylation is 2. The molecule has 0 aromatic heterocycles. The summed E-state index contributed by atoms with van der Waals surface area (Å²) in [6, 6.07) is 14.1. The van der Waals surface area contributed by atoms with E-state index in [2.05, 4.69) is 28.1 Å². The topological polar surface area (TPSA) is 29.5 Å². The van der Waals surface area contributed by atoms with Gasteiger partial charge in [-0.3, -0.25) is 4.79 Å². The lowest BCUT2D eigenvalue weighted by molar-refractivity contribution is -0.132. The number of carbonyl (C=O) groups excluding carboxylic acids is 1. The molecule has 1 amide bonds. The first-order valence-corrected chi connectivity index (χ1v) is 8.64. The summed E-state index contributed by atoms with van der Waals surface area (Å²) in [6.07, 6.45) is 3.49. The second-order valence-corrected chi connectivity index (χ2v) is 6.86. The van der Waals surface area contributed by atoms with Gasteiger partial charge in [-0.15, -0.1) is 0 Å². The number of ether oxygens (including phenoxy) is 1. The van der Waals surface area contributed by atoms with Gasteiger partial charge in [0, 0.05) is 18.1 Å². The van der Waals surface area contributed by atoms with Gasteiger partial charge < -0.3 is 9.64 Å². The third-order valence-electron chi connectivity index (χ3n) is 4.19. The van der Waals surface area contributed by atoms with Gasteiger partial charge in [0.05, 0.1) is 0 Å². The van der Waals surface area contributed by atoms with Crippen LogP contribution in [0.25, 0.3) is 0 Å². The van der Waals surface area contributed by atoms with Crippen LogP contribution in [0.1, 0.15) is 23.1 Å². The van der Waals surface area contributed by atoms with Crippen molar-refractivity contribution in [2.75, 3.05) is 13.7 Å². The van der Waals surface area contributed by atoms with Crippen molar-refractivity contribution in [3.63, 3.8) is 0 Å². The summed E-state index contributed by atoms with van der Waals surface area (Å²) >= 11 is 3.41. The summed E-state index contributed by atoms with van der Waals surface area (Å²) in [6.45, 7) is 0.658. The molecule has 0 unspecified atom stereocenters. The predicted octanol–water partition coefficient (Wildman–Crippen LogP) is 3.98. The van der Waals surface area contributed by atoms with E-state index in [9.17, 15) is 4.79 Å². The van der Waals surface area contributed by atoms with Crippen molar-refractivity contribution in [3.8, 4) is 5.75 Å². The van der Waals surface area contributed by atoms with Crippen LogP contribution in [0.2, 0.25) is 0 Å². The highest BCUT2D eigenvalue weighted by Crippen LogP contribution is 2.26. The molecule has 1 aliphatic carbocycles. The van der Waals surface area contributed by atoms with Gasteiger partial charge in [0.25, 0.3) is 5.91 Å². The predicted molar refractivity (Wildman–Crippen MR) is 94.6 cm³/mol. The Balaban J connectivity index is 1.53. The maximum atomic E-state index is 12.2. The van der Waals surface area contributed by atoms with Crippen molar-refractivity contribution < 1.29 is 9.53 Å². The lowest BCUT2D eigenvalue weighted by Crippen LogP contribution is -2.30. The van der Waals surface area contributed by atoms with Crippen LogP contribution < -0.4 is 4.74 Å². The van der Waals surface area contributed by atoms with Gasteiger partial charge in [0.15, 0.2) is 6.61 Å². The maximum absolute atomic E-state index is 12.2. The third-order valence-corrected chi connectivity index (χ3v) is 4.72. The zero-order valence-electron chi connectivity index (χ0n) is 13.2. The zero-order chi connectivity index (χ0) is 16.2. The smallest absolute Gasteiger partial charge is 0.260 e. The first-order valence-electron chi connectivity index (χ1n) is 7.85. The fourth-order valence-electron chi connectivity index (χ4n) is 2.85. The van der Waals surface area contributed by atoms with Gasteiger partial charge in [-0.2, -0.15) is 0 Å². The number of benzene rings is 2. The van der Waals surface area contributed by atoms with Crippen molar-refractivity contribution in [2.24, 2.45) is 0 Å². The average molecular weight is 374 g/mol. The second kappa shape index (κ2) is 7.18. The number of likely N-dealkylation sites (N-methyl/N-ethyl adjacent to an activating group) is 1. The lowest BCUT2D eigenvalue weighted by Gasteiger charge is -2.18. The standard InChI is InChI=1S/C19H20BrNO2/c1-21(12-14-5-8-17(20)9-6-14)19(22)13-23-18-10-7-15-3-2-4-16(15)11-18/h5-11H,2-4,12-13H2,1H3. The summed E-state index contributed by atoms with van der Waals surface area (Å²) in [7, 11) is 1.80. The Morgan fingerprint density at radius 3 is 2.65 bits per heavy atom. The number of hydrogen-bond donors (Lipinski definition) is 0. The van der Waals surface area contributed by atoms with Crippen molar-refractivity contribution in [2.45, 2.75) is 25.8 Å². The van der Waals surface area contributed by atoms with E-state index in [0.717, 1.165) is 28.6 Å². The summed E-state index contributed by atoms with van der Waals surface area (Å²) in [5, 5.41) is 0. The summed E-state index contributed by atoms with van der Waals surface area (Å²) in [5.74, 6) is 0.768. The molecule has 0 N–H and O–H groups in total. The molecule has 0 spiro atoms. The fraction of sp³-hybridized carbons (Fsp3) is 0.316. The van der Waals surface area contributed by atoms with Gasteiger partial charge in [-0.25, -0.2) is 0 Å². The van der Waals surface area contributed by atoms with Crippen LogP contribution in [-0.4, -0.2) is 24.5 Å². The molecule has 0 aliphatic heterocycles. The first-order chi connectivity index (χ1) is 11.1. The molecule has 120 valence electrons. The molecule has 2 aromatic rings. The number of halogens is 1. The van der Waals surface area contributed by atoms with Gasteiger partial charge in [0.2, 0.25) is 0 Å². The minimum atomic E-state index is -0.0200. The Bertz CT molecular complexity index is 697. The van der Waals surface area contributed by atoms with Crippen molar-refractivity contribution in [1.82, 2.24) is 4.90 Å². The maximum Gasteiger partial charge on any atom is 0.260 e. The Kier molecular flexibility index (Phi) is 5.01. The van der Waals surface area contributed by atoms with Crippen LogP contribution in [0, 0.1) is 0 Å². The van der Waals surface area contributed by atoms with E-state index in [1.54, 1.807) is 11.9 Å². The molecule has 0 atom stereocenters. The Morgan fingerprint density at radius 2 is 1.87 bits per heavy atom. The van der Waals surface area contributed by atoms with E-state index in [1.807, 2.05) is 30.3 Å². The highest BCUT2D eigenvalue weighted by Gasteiger charge is 2.13. The summed E-state index contributed by atoms with van der Waals surface area (Å²) in [5.41, 5.74) is 3.87. The Hall–Kier alpha value is -1.81. The van der Waals surface area contributed by atoms with Crippen molar-refractivity contribution >= 4 is 21.8 Å². The number of carbonyl (C=O) groups is 1. The molecule has 0 saturated heterocycles. The largest absolute Gasteiger partial charge is 0.484 e. The molecule has 3 rings (SSSR count). The van der Waals surface area contributed by atoms with Gasteiger partial charge >= 0.3 is 0 Å². The molecule has 0 heterocycles. The lowest BCUT2D eigenvalue weighted by atomic mass is 10.1. The third kappa shape index (κ3) is 4.14. The molecule has 0 fully saturated rings. The minimum absolute atomic E-state index is 0.0200. The highest BCUT2D eigenvalue weighted by atomic mass is 79.9. The van der Waals surface area contributed by atoms with Gasteiger partial charge in [-0.05, 0) is 60.2 Å².